The number of urea groups is 1. The third kappa shape index (κ3) is 4.34. The molecular weight excluding hydrogens is 286 g/mol. The van der Waals surface area contributed by atoms with Crippen LogP contribution in [0.2, 0.25) is 0 Å². The summed E-state index contributed by atoms with van der Waals surface area (Å²) >= 11 is 0. The van der Waals surface area contributed by atoms with Crippen molar-refractivity contribution in [3.63, 3.8) is 0 Å². The van der Waals surface area contributed by atoms with Gasteiger partial charge in [-0.25, -0.2) is 22.7 Å². The Labute approximate surface area is 118 Å². The van der Waals surface area contributed by atoms with Gasteiger partial charge < -0.3 is 15.3 Å². The molecule has 1 aliphatic rings. The van der Waals surface area contributed by atoms with Crippen molar-refractivity contribution < 1.29 is 23.1 Å². The fourth-order valence-corrected chi connectivity index (χ4v) is 2.86. The lowest BCUT2D eigenvalue weighted by atomic mass is 9.91. The topological polar surface area (TPSA) is 116 Å². The van der Waals surface area contributed by atoms with Crippen molar-refractivity contribution in [1.82, 2.24) is 14.9 Å². The molecule has 3 N–H and O–H groups in total. The summed E-state index contributed by atoms with van der Waals surface area (Å²) < 4.78 is 24.6. The molecule has 2 atom stereocenters. The Kier molecular flexibility index (Phi) is 5.75. The van der Waals surface area contributed by atoms with E-state index in [1.807, 2.05) is 0 Å². The van der Waals surface area contributed by atoms with Crippen LogP contribution >= 0.6 is 0 Å². The SMILES string of the molecule is CNS(=O)(=O)CCNC(=O)N1CCCC(C)C1C(=O)O. The van der Waals surface area contributed by atoms with Crippen LogP contribution in [0.25, 0.3) is 0 Å². The molecule has 0 aromatic carbocycles. The maximum Gasteiger partial charge on any atom is 0.326 e. The molecule has 0 saturated carbocycles. The number of carbonyl (C=O) groups excluding carboxylic acids is 1. The van der Waals surface area contributed by atoms with Crippen molar-refractivity contribution >= 4 is 22.0 Å². The van der Waals surface area contributed by atoms with Gasteiger partial charge in [0.1, 0.15) is 6.04 Å². The monoisotopic (exact) mass is 307 g/mol. The molecule has 1 aliphatic heterocycles. The highest BCUT2D eigenvalue weighted by Gasteiger charge is 2.36. The molecule has 1 fully saturated rings. The molecule has 0 radical (unpaired) electrons. The van der Waals surface area contributed by atoms with E-state index in [2.05, 4.69) is 10.0 Å². The van der Waals surface area contributed by atoms with E-state index in [4.69, 9.17) is 0 Å². The van der Waals surface area contributed by atoms with E-state index in [1.165, 1.54) is 11.9 Å². The Bertz CT molecular complexity index is 465. The first-order chi connectivity index (χ1) is 9.28. The van der Waals surface area contributed by atoms with E-state index in [9.17, 15) is 23.1 Å². The number of likely N-dealkylation sites (tertiary alicyclic amines) is 1. The van der Waals surface area contributed by atoms with Crippen molar-refractivity contribution in [3.05, 3.63) is 0 Å². The molecule has 20 heavy (non-hydrogen) atoms. The van der Waals surface area contributed by atoms with Gasteiger partial charge in [0.2, 0.25) is 10.0 Å². The molecule has 0 aliphatic carbocycles. The average molecular weight is 307 g/mol. The standard InChI is InChI=1S/C11H21N3O5S/c1-8-4-3-6-14(9(8)10(15)16)11(17)13-5-7-20(18,19)12-2/h8-9,12H,3-7H2,1-2H3,(H,13,17)(H,15,16). The molecule has 1 heterocycles. The largest absolute Gasteiger partial charge is 0.480 e. The molecule has 0 aromatic rings. The van der Waals surface area contributed by atoms with E-state index in [-0.39, 0.29) is 18.2 Å². The second kappa shape index (κ2) is 6.89. The Morgan fingerprint density at radius 1 is 1.40 bits per heavy atom. The quantitative estimate of drug-likeness (QED) is 0.629. The highest BCUT2D eigenvalue weighted by Crippen LogP contribution is 2.23. The first-order valence-corrected chi connectivity index (χ1v) is 8.12. The Morgan fingerprint density at radius 2 is 2.05 bits per heavy atom. The highest BCUT2D eigenvalue weighted by atomic mass is 32.2. The van der Waals surface area contributed by atoms with Crippen LogP contribution in [0.3, 0.4) is 0 Å². The third-order valence-corrected chi connectivity index (χ3v) is 4.77. The van der Waals surface area contributed by atoms with Gasteiger partial charge in [-0.3, -0.25) is 0 Å². The van der Waals surface area contributed by atoms with Gasteiger partial charge in [-0.05, 0) is 25.8 Å². The molecule has 8 nitrogen and oxygen atoms in total. The summed E-state index contributed by atoms with van der Waals surface area (Å²) in [7, 11) is -2.09. The summed E-state index contributed by atoms with van der Waals surface area (Å²) in [5.41, 5.74) is 0. The number of carbonyl (C=O) groups is 2. The van der Waals surface area contributed by atoms with Crippen LogP contribution in [0.5, 0.6) is 0 Å². The van der Waals surface area contributed by atoms with Gasteiger partial charge >= 0.3 is 12.0 Å². The van der Waals surface area contributed by atoms with Gasteiger partial charge in [0.05, 0.1) is 5.75 Å². The van der Waals surface area contributed by atoms with E-state index in [1.54, 1.807) is 6.92 Å². The van der Waals surface area contributed by atoms with E-state index >= 15 is 0 Å². The summed E-state index contributed by atoms with van der Waals surface area (Å²) in [6, 6.07) is -1.39. The predicted octanol–water partition coefficient (Wildman–Crippen LogP) is -0.570. The first-order valence-electron chi connectivity index (χ1n) is 6.47. The van der Waals surface area contributed by atoms with Gasteiger partial charge in [-0.2, -0.15) is 0 Å². The second-order valence-corrected chi connectivity index (χ2v) is 6.90. The van der Waals surface area contributed by atoms with Crippen LogP contribution in [0.1, 0.15) is 19.8 Å². The van der Waals surface area contributed by atoms with Crippen molar-refractivity contribution in [2.75, 3.05) is 25.9 Å². The van der Waals surface area contributed by atoms with Crippen LogP contribution in [-0.4, -0.2) is 62.4 Å². The molecule has 0 spiro atoms. The molecule has 9 heteroatoms. The number of piperidine rings is 1. The molecule has 2 amide bonds. The van der Waals surface area contributed by atoms with E-state index in [0.29, 0.717) is 6.54 Å². The van der Waals surface area contributed by atoms with Crippen LogP contribution in [-0.2, 0) is 14.8 Å². The fraction of sp³-hybridized carbons (Fsp3) is 0.818. The number of rotatable bonds is 5. The number of nitrogens with zero attached hydrogens (tertiary/aromatic N) is 1. The third-order valence-electron chi connectivity index (χ3n) is 3.41. The zero-order chi connectivity index (χ0) is 15.3. The van der Waals surface area contributed by atoms with E-state index in [0.717, 1.165) is 12.8 Å². The van der Waals surface area contributed by atoms with Gasteiger partial charge in [-0.1, -0.05) is 6.92 Å². The minimum atomic E-state index is -3.39. The maximum absolute atomic E-state index is 12.0. The average Bonchev–Trinajstić information content (AvgIpc) is 2.37. The Balaban J connectivity index is 2.59. The number of amides is 2. The van der Waals surface area contributed by atoms with Crippen LogP contribution in [0.4, 0.5) is 4.79 Å². The van der Waals surface area contributed by atoms with Gasteiger partial charge in [0.25, 0.3) is 0 Å². The summed E-state index contributed by atoms with van der Waals surface area (Å²) in [6.07, 6.45) is 1.50. The number of carboxylic acid groups (broad SMARTS) is 1. The van der Waals surface area contributed by atoms with Crippen LogP contribution in [0, 0.1) is 5.92 Å². The van der Waals surface area contributed by atoms with Gasteiger partial charge in [0.15, 0.2) is 0 Å². The number of carboxylic acids is 1. The van der Waals surface area contributed by atoms with Crippen molar-refractivity contribution in [2.24, 2.45) is 5.92 Å². The lowest BCUT2D eigenvalue weighted by Crippen LogP contribution is -2.55. The number of sulfonamides is 1. The lowest BCUT2D eigenvalue weighted by molar-refractivity contribution is -0.145. The minimum absolute atomic E-state index is 0.0563. The smallest absolute Gasteiger partial charge is 0.326 e. The first kappa shape index (κ1) is 16.7. The molecule has 2 unspecified atom stereocenters. The zero-order valence-corrected chi connectivity index (χ0v) is 12.4. The fourth-order valence-electron chi connectivity index (χ4n) is 2.29. The van der Waals surface area contributed by atoms with E-state index < -0.39 is 28.1 Å². The van der Waals surface area contributed by atoms with Crippen molar-refractivity contribution in [3.8, 4) is 0 Å². The number of hydrogen-bond donors (Lipinski definition) is 3. The summed E-state index contributed by atoms with van der Waals surface area (Å²) in [6.45, 7) is 2.11. The van der Waals surface area contributed by atoms with Crippen LogP contribution < -0.4 is 10.0 Å². The van der Waals surface area contributed by atoms with Gasteiger partial charge in [0, 0.05) is 13.1 Å². The lowest BCUT2D eigenvalue weighted by Gasteiger charge is -2.37. The number of nitrogens with one attached hydrogen (secondary N) is 2. The maximum atomic E-state index is 12.0. The van der Waals surface area contributed by atoms with Crippen molar-refractivity contribution in [1.29, 1.82) is 0 Å². The molecular formula is C11H21N3O5S. The molecule has 1 saturated heterocycles. The summed E-state index contributed by atoms with van der Waals surface area (Å²) in [5.74, 6) is -1.39. The zero-order valence-electron chi connectivity index (χ0n) is 11.6. The Morgan fingerprint density at radius 3 is 2.60 bits per heavy atom. The molecule has 0 bridgehead atoms. The molecule has 116 valence electrons. The van der Waals surface area contributed by atoms with Gasteiger partial charge in [-0.15, -0.1) is 0 Å². The minimum Gasteiger partial charge on any atom is -0.480 e. The predicted molar refractivity (Wildman–Crippen MR) is 72.8 cm³/mol. The summed E-state index contributed by atoms with van der Waals surface area (Å²) in [5, 5.41) is 11.6. The second-order valence-electron chi connectivity index (χ2n) is 4.85. The molecule has 0 aromatic heterocycles. The molecule has 1 rings (SSSR count). The number of aliphatic carboxylic acids is 1. The van der Waals surface area contributed by atoms with Crippen LogP contribution in [0.15, 0.2) is 0 Å². The summed E-state index contributed by atoms with van der Waals surface area (Å²) in [4.78, 5) is 24.5. The Hall–Kier alpha value is -1.35. The number of hydrogen-bond acceptors (Lipinski definition) is 4. The highest BCUT2D eigenvalue weighted by molar-refractivity contribution is 7.89. The normalized spacial score (nSPS) is 23.4. The van der Waals surface area contributed by atoms with Crippen molar-refractivity contribution in [2.45, 2.75) is 25.8 Å².